The van der Waals surface area contributed by atoms with Crippen LogP contribution in [0.2, 0.25) is 0 Å². The van der Waals surface area contributed by atoms with Crippen LogP contribution in [-0.4, -0.2) is 34.7 Å². The summed E-state index contributed by atoms with van der Waals surface area (Å²) in [5.41, 5.74) is -0.606. The third-order valence-electron chi connectivity index (χ3n) is 3.43. The lowest BCUT2D eigenvalue weighted by atomic mass is 9.76. The minimum absolute atomic E-state index is 0.0781. The summed E-state index contributed by atoms with van der Waals surface area (Å²) >= 11 is 0. The maximum Gasteiger partial charge on any atom is 0.0797 e. The number of likely N-dealkylation sites (N-methyl/N-ethyl adjacent to an activating group) is 1. The minimum Gasteiger partial charge on any atom is -0.388 e. The largest absolute Gasteiger partial charge is 0.388 e. The Labute approximate surface area is 69.2 Å². The predicted octanol–water partition coefficient (Wildman–Crippen LogP) is 1.24. The lowest BCUT2D eigenvalue weighted by Crippen LogP contribution is -2.61. The van der Waals surface area contributed by atoms with Gasteiger partial charge in [-0.1, -0.05) is 0 Å². The van der Waals surface area contributed by atoms with Gasteiger partial charge in [-0.25, -0.2) is 0 Å². The van der Waals surface area contributed by atoms with Gasteiger partial charge in [0, 0.05) is 5.54 Å². The van der Waals surface area contributed by atoms with Gasteiger partial charge in [-0.15, -0.1) is 0 Å². The highest BCUT2D eigenvalue weighted by Crippen LogP contribution is 2.35. The van der Waals surface area contributed by atoms with Gasteiger partial charge in [0.15, 0.2) is 0 Å². The maximum absolute atomic E-state index is 10.0. The van der Waals surface area contributed by atoms with E-state index in [1.54, 1.807) is 0 Å². The summed E-state index contributed by atoms with van der Waals surface area (Å²) in [6.45, 7) is 7.24. The van der Waals surface area contributed by atoms with E-state index in [0.29, 0.717) is 0 Å². The number of rotatable bonds is 0. The average Bonchev–Trinajstić information content (AvgIpc) is 1.84. The van der Waals surface area contributed by atoms with Gasteiger partial charge in [0.2, 0.25) is 0 Å². The van der Waals surface area contributed by atoms with Gasteiger partial charge >= 0.3 is 0 Å². The zero-order valence-corrected chi connectivity index (χ0v) is 8.02. The van der Waals surface area contributed by atoms with Gasteiger partial charge < -0.3 is 5.11 Å². The van der Waals surface area contributed by atoms with Gasteiger partial charge in [0.25, 0.3) is 0 Å². The minimum atomic E-state index is -0.528. The van der Waals surface area contributed by atoms with Crippen LogP contribution in [0, 0.1) is 0 Å². The van der Waals surface area contributed by atoms with E-state index in [1.807, 2.05) is 6.92 Å². The second-order valence-corrected chi connectivity index (χ2v) is 4.36. The highest BCUT2D eigenvalue weighted by molar-refractivity contribution is 5.00. The van der Waals surface area contributed by atoms with Gasteiger partial charge in [-0.3, -0.25) is 4.90 Å². The first-order valence-corrected chi connectivity index (χ1v) is 4.31. The van der Waals surface area contributed by atoms with Crippen LogP contribution in [-0.2, 0) is 0 Å². The van der Waals surface area contributed by atoms with Crippen molar-refractivity contribution in [2.75, 3.05) is 13.6 Å². The van der Waals surface area contributed by atoms with Crippen LogP contribution in [0.3, 0.4) is 0 Å². The summed E-state index contributed by atoms with van der Waals surface area (Å²) < 4.78 is 0. The third-order valence-corrected chi connectivity index (χ3v) is 3.43. The number of aliphatic hydroxyl groups is 1. The molecule has 0 amide bonds. The summed E-state index contributed by atoms with van der Waals surface area (Å²) in [5, 5.41) is 10.0. The molecule has 0 aromatic carbocycles. The Bertz CT molecular complexity index is 152. The van der Waals surface area contributed by atoms with E-state index in [1.165, 1.54) is 0 Å². The highest BCUT2D eigenvalue weighted by atomic mass is 16.3. The zero-order chi connectivity index (χ0) is 8.70. The summed E-state index contributed by atoms with van der Waals surface area (Å²) in [6.07, 6.45) is 2.03. The quantitative estimate of drug-likeness (QED) is 0.572. The second kappa shape index (κ2) is 2.46. The molecular formula is C9H19NO. The number of nitrogens with zero attached hydrogens (tertiary/aromatic N) is 1. The Hall–Kier alpha value is -0.0800. The molecule has 1 N–H and O–H groups in total. The second-order valence-electron chi connectivity index (χ2n) is 4.36. The van der Waals surface area contributed by atoms with E-state index in [4.69, 9.17) is 0 Å². The number of piperidine rings is 1. The molecule has 1 heterocycles. The van der Waals surface area contributed by atoms with Crippen molar-refractivity contribution >= 4 is 0 Å². The normalized spacial score (nSPS) is 39.0. The topological polar surface area (TPSA) is 23.5 Å². The Morgan fingerprint density at radius 3 is 2.18 bits per heavy atom. The highest BCUT2D eigenvalue weighted by Gasteiger charge is 2.44. The molecule has 66 valence electrons. The lowest BCUT2D eigenvalue weighted by molar-refractivity contribution is -0.106. The Morgan fingerprint density at radius 1 is 1.27 bits per heavy atom. The molecule has 1 fully saturated rings. The molecule has 0 bridgehead atoms. The van der Waals surface area contributed by atoms with Crippen molar-refractivity contribution < 1.29 is 5.11 Å². The van der Waals surface area contributed by atoms with Crippen LogP contribution in [0.1, 0.15) is 33.6 Å². The molecule has 2 nitrogen and oxygen atoms in total. The van der Waals surface area contributed by atoms with E-state index in [-0.39, 0.29) is 5.54 Å². The van der Waals surface area contributed by atoms with Crippen LogP contribution in [0.4, 0.5) is 0 Å². The van der Waals surface area contributed by atoms with Gasteiger partial charge in [-0.05, 0) is 47.2 Å². The summed E-state index contributed by atoms with van der Waals surface area (Å²) in [5.74, 6) is 0. The zero-order valence-electron chi connectivity index (χ0n) is 8.02. The predicted molar refractivity (Wildman–Crippen MR) is 46.6 cm³/mol. The average molecular weight is 157 g/mol. The van der Waals surface area contributed by atoms with E-state index < -0.39 is 5.60 Å². The van der Waals surface area contributed by atoms with Crippen molar-refractivity contribution in [1.82, 2.24) is 4.90 Å². The molecule has 0 aliphatic carbocycles. The van der Waals surface area contributed by atoms with Crippen molar-refractivity contribution in [3.8, 4) is 0 Å². The molecule has 1 unspecified atom stereocenters. The fraction of sp³-hybridized carbons (Fsp3) is 1.00. The van der Waals surface area contributed by atoms with E-state index >= 15 is 0 Å². The van der Waals surface area contributed by atoms with Gasteiger partial charge in [0.05, 0.1) is 5.60 Å². The monoisotopic (exact) mass is 157 g/mol. The Balaban J connectivity index is 2.82. The third kappa shape index (κ3) is 1.30. The molecule has 1 rings (SSSR count). The van der Waals surface area contributed by atoms with Gasteiger partial charge in [-0.2, -0.15) is 0 Å². The molecule has 1 aliphatic rings. The van der Waals surface area contributed by atoms with Crippen LogP contribution in [0.25, 0.3) is 0 Å². The first kappa shape index (κ1) is 9.01. The molecule has 0 radical (unpaired) electrons. The Morgan fingerprint density at radius 2 is 1.82 bits per heavy atom. The first-order chi connectivity index (χ1) is 4.88. The molecule has 2 heteroatoms. The summed E-state index contributed by atoms with van der Waals surface area (Å²) in [4.78, 5) is 2.23. The van der Waals surface area contributed by atoms with Crippen molar-refractivity contribution in [2.24, 2.45) is 0 Å². The van der Waals surface area contributed by atoms with Crippen molar-refractivity contribution in [3.63, 3.8) is 0 Å². The number of hydrogen-bond donors (Lipinski definition) is 1. The first-order valence-electron chi connectivity index (χ1n) is 4.31. The van der Waals surface area contributed by atoms with Gasteiger partial charge in [0.1, 0.15) is 0 Å². The number of likely N-dealkylation sites (tertiary alicyclic amines) is 1. The van der Waals surface area contributed by atoms with Crippen LogP contribution in [0.5, 0.6) is 0 Å². The molecule has 0 aromatic rings. The number of hydrogen-bond acceptors (Lipinski definition) is 2. The molecule has 1 atom stereocenters. The molecule has 0 spiro atoms. The molecule has 11 heavy (non-hydrogen) atoms. The van der Waals surface area contributed by atoms with Crippen LogP contribution >= 0.6 is 0 Å². The van der Waals surface area contributed by atoms with Crippen LogP contribution in [0.15, 0.2) is 0 Å². The molecule has 1 saturated heterocycles. The maximum atomic E-state index is 10.0. The van der Waals surface area contributed by atoms with Crippen molar-refractivity contribution in [2.45, 2.75) is 44.8 Å². The molecule has 0 saturated carbocycles. The van der Waals surface area contributed by atoms with Crippen molar-refractivity contribution in [1.29, 1.82) is 0 Å². The standard InChI is InChI=1S/C9H19NO/c1-8(2)9(3,11)6-5-7-10(8)4/h11H,5-7H2,1-4H3. The molecular weight excluding hydrogens is 138 g/mol. The molecule has 1 aliphatic heterocycles. The molecule has 0 aromatic heterocycles. The summed E-state index contributed by atoms with van der Waals surface area (Å²) in [6, 6.07) is 0. The lowest BCUT2D eigenvalue weighted by Gasteiger charge is -2.50. The van der Waals surface area contributed by atoms with Crippen molar-refractivity contribution in [3.05, 3.63) is 0 Å². The van der Waals surface area contributed by atoms with E-state index in [2.05, 4.69) is 25.8 Å². The van der Waals surface area contributed by atoms with E-state index in [9.17, 15) is 5.11 Å². The Kier molecular flexibility index (Phi) is 2.01. The smallest absolute Gasteiger partial charge is 0.0797 e. The summed E-state index contributed by atoms with van der Waals surface area (Å²) in [7, 11) is 2.08. The SMILES string of the molecule is CN1CCCC(C)(O)C1(C)C. The fourth-order valence-corrected chi connectivity index (χ4v) is 1.66. The fourth-order valence-electron chi connectivity index (χ4n) is 1.66. The van der Waals surface area contributed by atoms with E-state index in [0.717, 1.165) is 19.4 Å². The van der Waals surface area contributed by atoms with Crippen LogP contribution < -0.4 is 0 Å².